The summed E-state index contributed by atoms with van der Waals surface area (Å²) in [5, 5.41) is 12.3. The van der Waals surface area contributed by atoms with Crippen LogP contribution in [0.1, 0.15) is 25.8 Å². The van der Waals surface area contributed by atoms with Gasteiger partial charge in [0.15, 0.2) is 0 Å². The predicted octanol–water partition coefficient (Wildman–Crippen LogP) is 2.99. The monoisotopic (exact) mass is 376 g/mol. The highest BCUT2D eigenvalue weighted by atomic mass is 32.2. The number of carbonyl (C=O) groups is 1. The van der Waals surface area contributed by atoms with Crippen LogP contribution in [0.15, 0.2) is 53.4 Å². The molecule has 26 heavy (non-hydrogen) atoms. The molecule has 0 atom stereocenters. The zero-order valence-electron chi connectivity index (χ0n) is 15.0. The van der Waals surface area contributed by atoms with E-state index in [2.05, 4.69) is 5.32 Å². The molecule has 2 aromatic rings. The number of benzene rings is 2. The molecule has 0 aliphatic carbocycles. The van der Waals surface area contributed by atoms with Gasteiger partial charge in [-0.3, -0.25) is 4.79 Å². The van der Waals surface area contributed by atoms with Crippen molar-refractivity contribution in [3.63, 3.8) is 0 Å². The van der Waals surface area contributed by atoms with Gasteiger partial charge in [-0.15, -0.1) is 0 Å². The van der Waals surface area contributed by atoms with Crippen LogP contribution in [-0.4, -0.2) is 36.8 Å². The summed E-state index contributed by atoms with van der Waals surface area (Å²) in [7, 11) is -3.47. The summed E-state index contributed by atoms with van der Waals surface area (Å²) in [6.07, 6.45) is 0.710. The Kier molecular flexibility index (Phi) is 6.76. The van der Waals surface area contributed by atoms with Crippen molar-refractivity contribution in [1.82, 2.24) is 4.31 Å². The van der Waals surface area contributed by atoms with E-state index >= 15 is 0 Å². The minimum Gasteiger partial charge on any atom is -0.506 e. The summed E-state index contributed by atoms with van der Waals surface area (Å²) in [6, 6.07) is 13.1. The molecule has 2 aromatic carbocycles. The van der Waals surface area contributed by atoms with Crippen molar-refractivity contribution in [1.29, 1.82) is 0 Å². The van der Waals surface area contributed by atoms with E-state index in [4.69, 9.17) is 0 Å². The molecule has 0 fully saturated rings. The van der Waals surface area contributed by atoms with Crippen LogP contribution in [0.5, 0.6) is 5.75 Å². The number of rotatable bonds is 8. The van der Waals surface area contributed by atoms with Gasteiger partial charge in [0.2, 0.25) is 15.9 Å². The van der Waals surface area contributed by atoms with Crippen molar-refractivity contribution in [3.05, 3.63) is 54.1 Å². The van der Waals surface area contributed by atoms with Crippen LogP contribution in [-0.2, 0) is 21.2 Å². The van der Waals surface area contributed by atoms with Crippen molar-refractivity contribution in [2.75, 3.05) is 18.4 Å². The number of para-hydroxylation sites is 2. The molecule has 0 radical (unpaired) electrons. The first-order valence-corrected chi connectivity index (χ1v) is 9.99. The second-order valence-corrected chi connectivity index (χ2v) is 7.74. The van der Waals surface area contributed by atoms with Crippen molar-refractivity contribution in [2.45, 2.75) is 31.6 Å². The maximum absolute atomic E-state index is 12.4. The van der Waals surface area contributed by atoms with Gasteiger partial charge in [-0.1, -0.05) is 38.1 Å². The normalized spacial score (nSPS) is 11.5. The van der Waals surface area contributed by atoms with E-state index in [0.29, 0.717) is 25.2 Å². The first-order chi connectivity index (χ1) is 12.4. The van der Waals surface area contributed by atoms with E-state index in [9.17, 15) is 18.3 Å². The van der Waals surface area contributed by atoms with Crippen LogP contribution in [0.4, 0.5) is 5.69 Å². The highest BCUT2D eigenvalue weighted by Gasteiger charge is 2.21. The Hall–Kier alpha value is -2.38. The molecule has 0 saturated carbocycles. The number of hydrogen-bond donors (Lipinski definition) is 2. The molecule has 0 heterocycles. The topological polar surface area (TPSA) is 86.7 Å². The van der Waals surface area contributed by atoms with Gasteiger partial charge in [0, 0.05) is 19.5 Å². The van der Waals surface area contributed by atoms with Crippen LogP contribution in [0.3, 0.4) is 0 Å². The summed E-state index contributed by atoms with van der Waals surface area (Å²) in [6.45, 7) is 4.46. The van der Waals surface area contributed by atoms with Gasteiger partial charge in [0.25, 0.3) is 0 Å². The largest absolute Gasteiger partial charge is 0.506 e. The fourth-order valence-corrected chi connectivity index (χ4v) is 4.05. The van der Waals surface area contributed by atoms with Gasteiger partial charge in [-0.05, 0) is 36.2 Å². The molecule has 0 unspecified atom stereocenters. The number of amides is 1. The highest BCUT2D eigenvalue weighted by Crippen LogP contribution is 2.22. The summed E-state index contributed by atoms with van der Waals surface area (Å²) in [5.41, 5.74) is 1.24. The highest BCUT2D eigenvalue weighted by molar-refractivity contribution is 7.89. The van der Waals surface area contributed by atoms with Crippen molar-refractivity contribution in [2.24, 2.45) is 0 Å². The number of carbonyl (C=O) groups excluding carboxylic acids is 1. The van der Waals surface area contributed by atoms with E-state index in [1.807, 2.05) is 0 Å². The Labute approximate surface area is 154 Å². The maximum Gasteiger partial charge on any atom is 0.243 e. The lowest BCUT2D eigenvalue weighted by molar-refractivity contribution is -0.116. The standard InChI is InChI=1S/C19H24N2O4S/c1-3-21(4-2)26(24,25)16-12-9-15(10-13-16)11-14-19(23)20-17-7-5-6-8-18(17)22/h5-10,12-13,22H,3-4,11,14H2,1-2H3,(H,20,23). The van der Waals surface area contributed by atoms with Gasteiger partial charge in [0.05, 0.1) is 10.6 Å². The van der Waals surface area contributed by atoms with Gasteiger partial charge < -0.3 is 10.4 Å². The molecular weight excluding hydrogens is 352 g/mol. The van der Waals surface area contributed by atoms with Gasteiger partial charge >= 0.3 is 0 Å². The second kappa shape index (κ2) is 8.82. The van der Waals surface area contributed by atoms with Crippen LogP contribution in [0.25, 0.3) is 0 Å². The Balaban J connectivity index is 1.97. The average molecular weight is 376 g/mol. The molecule has 6 nitrogen and oxygen atoms in total. The molecule has 1 amide bonds. The van der Waals surface area contributed by atoms with Crippen molar-refractivity contribution in [3.8, 4) is 5.75 Å². The smallest absolute Gasteiger partial charge is 0.243 e. The molecule has 0 aliphatic heterocycles. The van der Waals surface area contributed by atoms with Crippen molar-refractivity contribution >= 4 is 21.6 Å². The summed E-state index contributed by atoms with van der Waals surface area (Å²) < 4.78 is 26.3. The van der Waals surface area contributed by atoms with Crippen LogP contribution in [0.2, 0.25) is 0 Å². The Morgan fingerprint density at radius 1 is 1.04 bits per heavy atom. The molecule has 140 valence electrons. The third kappa shape index (κ3) is 4.83. The molecule has 7 heteroatoms. The first-order valence-electron chi connectivity index (χ1n) is 8.55. The number of aryl methyl sites for hydroxylation is 1. The Bertz CT molecular complexity index is 844. The zero-order chi connectivity index (χ0) is 19.2. The molecule has 0 aromatic heterocycles. The van der Waals surface area contributed by atoms with Crippen LogP contribution < -0.4 is 5.32 Å². The minimum atomic E-state index is -3.47. The predicted molar refractivity (Wildman–Crippen MR) is 102 cm³/mol. The summed E-state index contributed by atoms with van der Waals surface area (Å²) >= 11 is 0. The van der Waals surface area contributed by atoms with Gasteiger partial charge in [-0.25, -0.2) is 8.42 Å². The number of nitrogens with one attached hydrogen (secondary N) is 1. The Morgan fingerprint density at radius 2 is 1.65 bits per heavy atom. The third-order valence-corrected chi connectivity index (χ3v) is 6.15. The van der Waals surface area contributed by atoms with E-state index < -0.39 is 10.0 Å². The van der Waals surface area contributed by atoms with E-state index in [1.165, 1.54) is 10.4 Å². The fourth-order valence-electron chi connectivity index (χ4n) is 2.59. The number of phenolic OH excluding ortho intramolecular Hbond substituents is 1. The Morgan fingerprint density at radius 3 is 2.23 bits per heavy atom. The average Bonchev–Trinajstić information content (AvgIpc) is 2.63. The minimum absolute atomic E-state index is 0.0202. The van der Waals surface area contributed by atoms with Crippen LogP contribution in [0, 0.1) is 0 Å². The molecule has 0 spiro atoms. The number of nitrogens with zero attached hydrogens (tertiary/aromatic N) is 1. The summed E-state index contributed by atoms with van der Waals surface area (Å²) in [5.74, 6) is -0.196. The quantitative estimate of drug-likeness (QED) is 0.694. The number of phenols is 1. The van der Waals surface area contributed by atoms with Gasteiger partial charge in [0.1, 0.15) is 5.75 Å². The second-order valence-electron chi connectivity index (χ2n) is 5.80. The fraction of sp³-hybridized carbons (Fsp3) is 0.316. The van der Waals surface area contributed by atoms with E-state index in [0.717, 1.165) is 5.56 Å². The lowest BCUT2D eigenvalue weighted by Gasteiger charge is -2.18. The lowest BCUT2D eigenvalue weighted by Crippen LogP contribution is -2.30. The molecular formula is C19H24N2O4S. The van der Waals surface area contributed by atoms with E-state index in [-0.39, 0.29) is 23.0 Å². The zero-order valence-corrected chi connectivity index (χ0v) is 15.8. The SMILES string of the molecule is CCN(CC)S(=O)(=O)c1ccc(CCC(=O)Nc2ccccc2O)cc1. The molecule has 0 bridgehead atoms. The number of anilines is 1. The molecule has 2 rings (SSSR count). The molecule has 0 aliphatic rings. The van der Waals surface area contributed by atoms with Crippen LogP contribution >= 0.6 is 0 Å². The third-order valence-electron chi connectivity index (χ3n) is 4.09. The lowest BCUT2D eigenvalue weighted by atomic mass is 10.1. The number of hydrogen-bond acceptors (Lipinski definition) is 4. The van der Waals surface area contributed by atoms with E-state index in [1.54, 1.807) is 56.3 Å². The van der Waals surface area contributed by atoms with Crippen molar-refractivity contribution < 1.29 is 18.3 Å². The molecule has 0 saturated heterocycles. The first kappa shape index (κ1) is 19.9. The number of aromatic hydroxyl groups is 1. The summed E-state index contributed by atoms with van der Waals surface area (Å²) in [4.78, 5) is 12.3. The maximum atomic E-state index is 12.4. The molecule has 2 N–H and O–H groups in total. The number of sulfonamides is 1. The van der Waals surface area contributed by atoms with Gasteiger partial charge in [-0.2, -0.15) is 4.31 Å².